The first kappa shape index (κ1) is 14.4. The van der Waals surface area contributed by atoms with Crippen LogP contribution in [0.4, 0.5) is 0 Å². The molecule has 106 valence electrons. The highest BCUT2D eigenvalue weighted by molar-refractivity contribution is 5.81. The van der Waals surface area contributed by atoms with Crippen molar-refractivity contribution in [3.8, 4) is 12.3 Å². The fourth-order valence-electron chi connectivity index (χ4n) is 3.58. The number of piperidine rings is 1. The van der Waals surface area contributed by atoms with Gasteiger partial charge in [0.05, 0.1) is 12.6 Å². The monoisotopic (exact) mass is 263 g/mol. The van der Waals surface area contributed by atoms with Gasteiger partial charge in [0.15, 0.2) is 0 Å². The number of amides is 1. The van der Waals surface area contributed by atoms with Crippen molar-refractivity contribution in [3.63, 3.8) is 0 Å². The lowest BCUT2D eigenvalue weighted by Crippen LogP contribution is -2.54. The van der Waals surface area contributed by atoms with Crippen molar-refractivity contribution in [3.05, 3.63) is 0 Å². The van der Waals surface area contributed by atoms with E-state index >= 15 is 0 Å². The molecule has 2 heterocycles. The molecule has 2 bridgehead atoms. The van der Waals surface area contributed by atoms with Crippen molar-refractivity contribution in [2.75, 3.05) is 13.1 Å². The minimum Gasteiger partial charge on any atom is -0.344 e. The lowest BCUT2D eigenvalue weighted by molar-refractivity contribution is -0.126. The molecule has 3 unspecified atom stereocenters. The number of likely N-dealkylation sites (N-methyl/N-ethyl adjacent to an activating group) is 1. The number of rotatable bonds is 5. The number of terminal acetylenes is 1. The molecule has 2 rings (SSSR count). The van der Waals surface area contributed by atoms with Gasteiger partial charge in [0.2, 0.25) is 5.91 Å². The van der Waals surface area contributed by atoms with Crippen LogP contribution < -0.4 is 10.6 Å². The normalized spacial score (nSPS) is 30.9. The SMILES string of the molecule is C#CCNC(=O)C(C)N(CC)C1CC2CCC(C1)N2. The number of nitrogens with zero attached hydrogens (tertiary/aromatic N) is 1. The predicted molar refractivity (Wildman–Crippen MR) is 76.7 cm³/mol. The zero-order valence-corrected chi connectivity index (χ0v) is 12.0. The van der Waals surface area contributed by atoms with E-state index in [0.29, 0.717) is 24.7 Å². The third-order valence-corrected chi connectivity index (χ3v) is 4.52. The van der Waals surface area contributed by atoms with Gasteiger partial charge in [0.25, 0.3) is 0 Å². The highest BCUT2D eigenvalue weighted by Gasteiger charge is 2.37. The zero-order valence-electron chi connectivity index (χ0n) is 12.0. The van der Waals surface area contributed by atoms with Gasteiger partial charge >= 0.3 is 0 Å². The molecule has 2 saturated heterocycles. The second-order valence-corrected chi connectivity index (χ2v) is 5.69. The van der Waals surface area contributed by atoms with Gasteiger partial charge < -0.3 is 10.6 Å². The molecular formula is C15H25N3O. The minimum atomic E-state index is -0.0964. The fourth-order valence-corrected chi connectivity index (χ4v) is 3.58. The lowest BCUT2D eigenvalue weighted by atomic mass is 9.96. The van der Waals surface area contributed by atoms with Crippen LogP contribution >= 0.6 is 0 Å². The van der Waals surface area contributed by atoms with Crippen LogP contribution in [0, 0.1) is 12.3 Å². The van der Waals surface area contributed by atoms with E-state index in [1.54, 1.807) is 0 Å². The maximum Gasteiger partial charge on any atom is 0.237 e. The Morgan fingerprint density at radius 3 is 2.63 bits per heavy atom. The van der Waals surface area contributed by atoms with Gasteiger partial charge in [-0.1, -0.05) is 12.8 Å². The third-order valence-electron chi connectivity index (χ3n) is 4.52. The van der Waals surface area contributed by atoms with E-state index in [-0.39, 0.29) is 11.9 Å². The molecule has 2 fully saturated rings. The molecule has 0 aliphatic carbocycles. The van der Waals surface area contributed by atoms with Crippen LogP contribution in [0.1, 0.15) is 39.5 Å². The molecule has 0 aromatic carbocycles. The number of hydrogen-bond donors (Lipinski definition) is 2. The molecule has 0 radical (unpaired) electrons. The molecule has 4 heteroatoms. The smallest absolute Gasteiger partial charge is 0.237 e. The van der Waals surface area contributed by atoms with Crippen LogP contribution in [0.2, 0.25) is 0 Å². The maximum atomic E-state index is 12.1. The third kappa shape index (κ3) is 3.29. The zero-order chi connectivity index (χ0) is 13.8. The molecule has 2 aliphatic rings. The first-order valence-electron chi connectivity index (χ1n) is 7.38. The molecule has 19 heavy (non-hydrogen) atoms. The molecule has 4 nitrogen and oxygen atoms in total. The lowest BCUT2D eigenvalue weighted by Gasteiger charge is -2.39. The molecule has 1 amide bonds. The summed E-state index contributed by atoms with van der Waals surface area (Å²) in [5, 5.41) is 6.44. The number of hydrogen-bond acceptors (Lipinski definition) is 3. The highest BCUT2D eigenvalue weighted by atomic mass is 16.2. The average molecular weight is 263 g/mol. The van der Waals surface area contributed by atoms with E-state index < -0.39 is 0 Å². The Bertz CT molecular complexity index is 351. The van der Waals surface area contributed by atoms with Crippen LogP contribution in [0.15, 0.2) is 0 Å². The Hall–Kier alpha value is -1.05. The Kier molecular flexibility index (Phi) is 4.84. The molecule has 2 N–H and O–H groups in total. The standard InChI is InChI=1S/C15H25N3O/c1-4-8-16-15(19)11(3)18(5-2)14-9-12-6-7-13(10-14)17-12/h1,11-14,17H,5-10H2,2-3H3,(H,16,19). The van der Waals surface area contributed by atoms with Gasteiger partial charge in [-0.25, -0.2) is 0 Å². The Morgan fingerprint density at radius 2 is 2.11 bits per heavy atom. The quantitative estimate of drug-likeness (QED) is 0.719. The van der Waals surface area contributed by atoms with E-state index in [1.807, 2.05) is 6.92 Å². The summed E-state index contributed by atoms with van der Waals surface area (Å²) in [5.41, 5.74) is 0. The Morgan fingerprint density at radius 1 is 1.47 bits per heavy atom. The minimum absolute atomic E-state index is 0.0469. The average Bonchev–Trinajstić information content (AvgIpc) is 2.75. The van der Waals surface area contributed by atoms with E-state index in [1.165, 1.54) is 12.8 Å². The first-order chi connectivity index (χ1) is 9.15. The molecule has 0 aromatic heterocycles. The largest absolute Gasteiger partial charge is 0.344 e. The van der Waals surface area contributed by atoms with Crippen LogP contribution in [0.5, 0.6) is 0 Å². The van der Waals surface area contributed by atoms with Gasteiger partial charge in [-0.05, 0) is 39.2 Å². The van der Waals surface area contributed by atoms with Gasteiger partial charge in [0, 0.05) is 18.1 Å². The van der Waals surface area contributed by atoms with Crippen molar-refractivity contribution in [1.82, 2.24) is 15.5 Å². The number of carbonyl (C=O) groups is 1. The molecule has 0 spiro atoms. The summed E-state index contributed by atoms with van der Waals surface area (Å²) in [7, 11) is 0. The van der Waals surface area contributed by atoms with Crippen LogP contribution in [0.3, 0.4) is 0 Å². The summed E-state index contributed by atoms with van der Waals surface area (Å²) in [5.74, 6) is 2.50. The maximum absolute atomic E-state index is 12.1. The summed E-state index contributed by atoms with van der Waals surface area (Å²) in [4.78, 5) is 14.4. The second kappa shape index (κ2) is 6.40. The number of carbonyl (C=O) groups excluding carboxylic acids is 1. The van der Waals surface area contributed by atoms with Crippen molar-refractivity contribution in [1.29, 1.82) is 0 Å². The van der Waals surface area contributed by atoms with E-state index in [2.05, 4.69) is 28.4 Å². The van der Waals surface area contributed by atoms with E-state index in [0.717, 1.165) is 19.4 Å². The van der Waals surface area contributed by atoms with Gasteiger partial charge in [-0.15, -0.1) is 6.42 Å². The van der Waals surface area contributed by atoms with E-state index in [4.69, 9.17) is 6.42 Å². The molecular weight excluding hydrogens is 238 g/mol. The topological polar surface area (TPSA) is 44.4 Å². The van der Waals surface area contributed by atoms with Gasteiger partial charge in [0.1, 0.15) is 0 Å². The highest BCUT2D eigenvalue weighted by Crippen LogP contribution is 2.30. The second-order valence-electron chi connectivity index (χ2n) is 5.69. The van der Waals surface area contributed by atoms with Crippen LogP contribution in [-0.4, -0.2) is 48.1 Å². The van der Waals surface area contributed by atoms with Crippen molar-refractivity contribution >= 4 is 5.91 Å². The van der Waals surface area contributed by atoms with Crippen molar-refractivity contribution in [2.45, 2.75) is 63.7 Å². The summed E-state index contributed by atoms with van der Waals surface area (Å²) < 4.78 is 0. The summed E-state index contributed by atoms with van der Waals surface area (Å²) in [6.07, 6.45) is 10.1. The molecule has 2 aliphatic heterocycles. The molecule has 3 atom stereocenters. The first-order valence-corrected chi connectivity index (χ1v) is 7.38. The molecule has 0 saturated carbocycles. The fraction of sp³-hybridized carbons (Fsp3) is 0.800. The summed E-state index contributed by atoms with van der Waals surface area (Å²) in [6, 6.07) is 1.73. The van der Waals surface area contributed by atoms with Gasteiger partial charge in [-0.3, -0.25) is 9.69 Å². The van der Waals surface area contributed by atoms with E-state index in [9.17, 15) is 4.79 Å². The summed E-state index contributed by atoms with van der Waals surface area (Å²) >= 11 is 0. The number of fused-ring (bicyclic) bond motifs is 2. The Balaban J connectivity index is 1.95. The van der Waals surface area contributed by atoms with Crippen LogP contribution in [-0.2, 0) is 4.79 Å². The van der Waals surface area contributed by atoms with Crippen molar-refractivity contribution < 1.29 is 4.79 Å². The van der Waals surface area contributed by atoms with Gasteiger partial charge in [-0.2, -0.15) is 0 Å². The predicted octanol–water partition coefficient (Wildman–Crippen LogP) is 0.729. The van der Waals surface area contributed by atoms with Crippen LogP contribution in [0.25, 0.3) is 0 Å². The molecule has 0 aromatic rings. The summed E-state index contributed by atoms with van der Waals surface area (Å²) in [6.45, 7) is 5.35. The number of nitrogens with one attached hydrogen (secondary N) is 2. The Labute approximate surface area is 116 Å². The van der Waals surface area contributed by atoms with Crippen molar-refractivity contribution in [2.24, 2.45) is 0 Å².